The second-order valence-electron chi connectivity index (χ2n) is 24.4. The second kappa shape index (κ2) is 53.1. The summed E-state index contributed by atoms with van der Waals surface area (Å²) < 4.78 is 13.4. The topological polar surface area (TPSA) is 386 Å². The standard InChI is InChI=1S/C12H15N3O.C12H12N2O2.C10H9IN2O.C10H9N3O3.3C10H11N3O.7CH4.CH3.B.BrH.Mg.Na.H/c1-9(16)7-15-8-13-10-5-4-6-11(12(10)15)14(2)3;1-8(15)6-14-7-13-11-5-3-4-10(9(2)16)12(11)14;1-7(14)5-13-6-12-9-4-2-3-8(11)10(9)13;1-7(14)5-12-6-11-8-3-2-4-9(10(8)12)13(15)16;3*1-7(14)5-13-6-12-9-4-2-3-8(11)10(9)13;;;;;;;;;;;;;/h4-6,8H,7H2,1-3H3;3-5,7H,6H2,1-2H3;2-4,6H,5H2,1H3;2-4,6H,5H2,1H3;3*2-4,6H,5,11H2,1H3;7*1H4;1H3;;1H;;;/q;;;;;;;;;;;;;;-1;;;+2;+1;-1/p-1. The fourth-order valence-corrected chi connectivity index (χ4v) is 12.0. The average molecular weight is 1790 g/mol. The van der Waals surface area contributed by atoms with E-state index >= 15 is 0 Å². The SMILES string of the molecule is C.C.C.C.C.C.C.CC(=O)Cn1cnc2cccc(C(C)=O)c21.CC(=O)Cn1cnc2cccc(I)c21.CC(=O)Cn1cnc2cccc(N(C)C)c21.CC(=O)Cn1cnc2cccc(N)c21.CC(=O)Cn1cnc2cccc(N)c21.CC(=O)Cn1cnc2cccc(N)c21.CC(=O)Cn1cnc2cccc([N+](=O)[O-])c21.[B].[Br-].[CH3-].[H-].[Mg+2].[Na+]. The molecule has 3 radical (unpaired) electrons. The molecular weight excluding hydrogens is 1680 g/mol. The van der Waals surface area contributed by atoms with Gasteiger partial charge >= 0.3 is 52.6 Å². The van der Waals surface area contributed by atoms with Gasteiger partial charge < -0.3 is 79.9 Å². The molecule has 7 heterocycles. The molecule has 0 unspecified atom stereocenters. The van der Waals surface area contributed by atoms with Crippen molar-refractivity contribution < 1.29 is 91.2 Å². The molecule has 613 valence electrons. The van der Waals surface area contributed by atoms with E-state index in [1.165, 1.54) is 37.7 Å². The number of nitro groups is 1. The van der Waals surface area contributed by atoms with Gasteiger partial charge in [0, 0.05) is 37.7 Å². The monoisotopic (exact) mass is 1780 g/mol. The van der Waals surface area contributed by atoms with Gasteiger partial charge in [0.2, 0.25) is 0 Å². The van der Waals surface area contributed by atoms with Crippen molar-refractivity contribution in [2.24, 2.45) is 0 Å². The number of nitrogens with zero attached hydrogens (tertiary/aromatic N) is 16. The van der Waals surface area contributed by atoms with Gasteiger partial charge in [-0.05, 0) is 157 Å². The number of halogens is 2. The van der Waals surface area contributed by atoms with Gasteiger partial charge in [-0.25, -0.2) is 34.9 Å². The van der Waals surface area contributed by atoms with Crippen LogP contribution in [0.4, 0.5) is 28.4 Å². The van der Waals surface area contributed by atoms with Crippen molar-refractivity contribution in [1.29, 1.82) is 0 Å². The van der Waals surface area contributed by atoms with E-state index in [-0.39, 0.29) is 204 Å². The minimum atomic E-state index is -0.472. The van der Waals surface area contributed by atoms with E-state index in [2.05, 4.69) is 57.5 Å². The van der Waals surface area contributed by atoms with Gasteiger partial charge in [-0.2, -0.15) is 0 Å². The molecule has 0 amide bonds. The molecule has 7 aromatic carbocycles. The summed E-state index contributed by atoms with van der Waals surface area (Å²) in [5.74, 6) is 0.496. The summed E-state index contributed by atoms with van der Waals surface area (Å²) in [6, 6.07) is 38.5. The summed E-state index contributed by atoms with van der Waals surface area (Å²) in [6.45, 7) is 14.4. The molecule has 0 spiro atoms. The number of para-hydroxylation sites is 7. The van der Waals surface area contributed by atoms with Gasteiger partial charge in [-0.15, -0.1) is 0 Å². The third-order valence-corrected chi connectivity index (χ3v) is 16.1. The Morgan fingerprint density at radius 3 is 0.897 bits per heavy atom. The van der Waals surface area contributed by atoms with Gasteiger partial charge in [-0.1, -0.05) is 94.5 Å². The van der Waals surface area contributed by atoms with Crippen LogP contribution in [0.3, 0.4) is 0 Å². The Labute approximate surface area is 745 Å². The van der Waals surface area contributed by atoms with Crippen LogP contribution in [0.15, 0.2) is 172 Å². The molecule has 34 heteroatoms. The maximum absolute atomic E-state index is 11.5. The first kappa shape index (κ1) is 114. The number of hydrogen-bond acceptors (Lipinski definition) is 21. The van der Waals surface area contributed by atoms with Gasteiger partial charge in [0.1, 0.15) is 46.0 Å². The molecule has 7 aromatic heterocycles. The van der Waals surface area contributed by atoms with Gasteiger partial charge in [-0.3, -0.25) is 48.5 Å². The molecule has 6 N–H and O–H groups in total. The van der Waals surface area contributed by atoms with Gasteiger partial charge in [0.25, 0.3) is 5.69 Å². The fraction of sp³-hybridized carbons (Fsp3) is 0.293. The molecule has 0 saturated heterocycles. The smallest absolute Gasteiger partial charge is 1.00 e. The number of ketones is 8. The van der Waals surface area contributed by atoms with E-state index in [0.29, 0.717) is 66.4 Å². The van der Waals surface area contributed by atoms with Crippen molar-refractivity contribution in [1.82, 2.24) is 66.9 Å². The minimum Gasteiger partial charge on any atom is -1.00 e. The molecule has 0 fully saturated rings. The number of benzene rings is 7. The molecule has 0 saturated carbocycles. The van der Waals surface area contributed by atoms with Gasteiger partial charge in [0.15, 0.2) is 5.78 Å². The number of anilines is 4. The molecule has 14 rings (SSSR count). The normalized spacial score (nSPS) is 9.54. The van der Waals surface area contributed by atoms with Crippen LogP contribution < -0.4 is 68.6 Å². The molecule has 29 nitrogen and oxygen atoms in total. The van der Waals surface area contributed by atoms with Crippen LogP contribution in [0.2, 0.25) is 0 Å². The first-order valence-electron chi connectivity index (χ1n) is 32.3. The van der Waals surface area contributed by atoms with E-state index in [1.54, 1.807) is 133 Å². The second-order valence-corrected chi connectivity index (χ2v) is 25.6. The molecule has 0 aliphatic rings. The zero-order valence-electron chi connectivity index (χ0n) is 63.6. The summed E-state index contributed by atoms with van der Waals surface area (Å²) in [5, 5.41) is 10.8. The number of carbonyl (C=O) groups is 8. The minimum absolute atomic E-state index is 0. The Balaban J connectivity index is -0.000000302. The van der Waals surface area contributed by atoms with Crippen LogP contribution in [0, 0.1) is 21.1 Å². The summed E-state index contributed by atoms with van der Waals surface area (Å²) >= 11 is 2.26. The molecule has 116 heavy (non-hydrogen) atoms. The largest absolute Gasteiger partial charge is 2.00 e. The number of rotatable bonds is 17. The van der Waals surface area contributed by atoms with Crippen LogP contribution in [-0.4, -0.2) is 164 Å². The first-order chi connectivity index (χ1) is 49.5. The third-order valence-electron chi connectivity index (χ3n) is 15.3. The van der Waals surface area contributed by atoms with Crippen molar-refractivity contribution in [2.45, 2.75) is 153 Å². The van der Waals surface area contributed by atoms with Crippen molar-refractivity contribution in [3.05, 3.63) is 198 Å². The maximum atomic E-state index is 11.5. The summed E-state index contributed by atoms with van der Waals surface area (Å²) in [5.41, 5.74) is 32.3. The van der Waals surface area contributed by atoms with Gasteiger partial charge in [0.05, 0.1) is 189 Å². The van der Waals surface area contributed by atoms with E-state index in [9.17, 15) is 48.5 Å². The molecule has 0 aliphatic carbocycles. The predicted octanol–water partition coefficient (Wildman–Crippen LogP) is 9.17. The molecule has 0 atom stereocenters. The Morgan fingerprint density at radius 1 is 0.379 bits per heavy atom. The molecular formula is C82H110BBrIMgN19NaO10. The number of non-ortho nitro benzene ring substituents is 1. The van der Waals surface area contributed by atoms with E-state index in [1.807, 2.05) is 107 Å². The predicted molar refractivity (Wildman–Crippen MR) is 476 cm³/mol. The summed E-state index contributed by atoms with van der Waals surface area (Å²) in [7, 11) is 3.97. The Bertz CT molecular complexity index is 5090. The van der Waals surface area contributed by atoms with Crippen LogP contribution in [0.25, 0.3) is 77.2 Å². The number of fused-ring (bicyclic) bond motifs is 7. The number of nitrogen functional groups attached to an aromatic ring is 3. The summed E-state index contributed by atoms with van der Waals surface area (Å²) in [4.78, 5) is 130. The number of carbonyl (C=O) groups excluding carboxylic acids is 8. The van der Waals surface area contributed by atoms with E-state index in [4.69, 9.17) is 17.2 Å². The summed E-state index contributed by atoms with van der Waals surface area (Å²) in [6.07, 6.45) is 11.4. The van der Waals surface area contributed by atoms with Crippen LogP contribution in [0.1, 0.15) is 119 Å². The van der Waals surface area contributed by atoms with E-state index < -0.39 is 4.92 Å². The van der Waals surface area contributed by atoms with Crippen LogP contribution in [-0.2, 0) is 79.4 Å². The Hall–Kier alpha value is -10.2. The Morgan fingerprint density at radius 2 is 0.603 bits per heavy atom. The van der Waals surface area contributed by atoms with Crippen molar-refractivity contribution in [3.8, 4) is 0 Å². The first-order valence-corrected chi connectivity index (χ1v) is 33.4. The fourth-order valence-electron chi connectivity index (χ4n) is 11.2. The molecule has 0 aliphatic heterocycles. The number of nitro benzene ring substituents is 1. The number of hydrogen-bond donors (Lipinski definition) is 3. The third kappa shape index (κ3) is 30.1. The zero-order valence-corrected chi connectivity index (χ0v) is 69.8. The number of imidazole rings is 7. The molecule has 0 bridgehead atoms. The molecule has 14 aromatic rings. The maximum Gasteiger partial charge on any atom is 2.00 e. The van der Waals surface area contributed by atoms with Crippen molar-refractivity contribution >= 4 is 206 Å². The quantitative estimate of drug-likeness (QED) is 0.0145. The van der Waals surface area contributed by atoms with Crippen LogP contribution >= 0.6 is 22.6 Å². The van der Waals surface area contributed by atoms with Crippen molar-refractivity contribution in [2.75, 3.05) is 36.2 Å². The van der Waals surface area contributed by atoms with Crippen molar-refractivity contribution in [3.63, 3.8) is 0 Å². The average Bonchev–Trinajstić information content (AvgIpc) is 1.66. The Kier molecular flexibility index (Phi) is 52.4. The zero-order chi connectivity index (χ0) is 75.6. The van der Waals surface area contributed by atoms with E-state index in [0.717, 1.165) is 75.5 Å². The number of Topliss-reactive ketones (excluding diaryl/α,β-unsaturated/α-hetero) is 8. The number of nitrogens with two attached hydrogens (primary N) is 3. The van der Waals surface area contributed by atoms with Crippen LogP contribution in [0.5, 0.6) is 0 Å². The number of aromatic nitrogens is 14.